The molecule has 2 aromatic carbocycles. The summed E-state index contributed by atoms with van der Waals surface area (Å²) in [6.07, 6.45) is -4.64. The number of benzene rings is 2. The van der Waals surface area contributed by atoms with Crippen molar-refractivity contribution in [2.75, 3.05) is 11.9 Å². The standard InChI is InChI=1S/C16H9Cl2F3N2O5/c17-11-4-2-9(23(26)27)6-10(11)15(25)28-7-14(24)22-13-5-8(16(19,20)21)1-3-12(13)18/h1-6H,7H2,(H,22,24). The van der Waals surface area contributed by atoms with Crippen LogP contribution in [0.1, 0.15) is 15.9 Å². The summed E-state index contributed by atoms with van der Waals surface area (Å²) >= 11 is 11.5. The van der Waals surface area contributed by atoms with Gasteiger partial charge in [-0.1, -0.05) is 23.2 Å². The molecule has 2 aromatic rings. The number of hydrogen-bond donors (Lipinski definition) is 1. The van der Waals surface area contributed by atoms with Crippen LogP contribution in [0.3, 0.4) is 0 Å². The Morgan fingerprint density at radius 1 is 1.11 bits per heavy atom. The zero-order valence-electron chi connectivity index (χ0n) is 13.5. The minimum Gasteiger partial charge on any atom is -0.452 e. The second kappa shape index (κ2) is 8.44. The van der Waals surface area contributed by atoms with Gasteiger partial charge in [0.05, 0.1) is 31.8 Å². The Morgan fingerprint density at radius 2 is 1.75 bits per heavy atom. The lowest BCUT2D eigenvalue weighted by Crippen LogP contribution is -2.21. The molecule has 148 valence electrons. The molecule has 0 aliphatic rings. The van der Waals surface area contributed by atoms with E-state index in [1.54, 1.807) is 0 Å². The molecule has 0 radical (unpaired) electrons. The number of nitro benzene ring substituents is 1. The summed E-state index contributed by atoms with van der Waals surface area (Å²) in [5.41, 5.74) is -2.13. The largest absolute Gasteiger partial charge is 0.452 e. The van der Waals surface area contributed by atoms with E-state index in [-0.39, 0.29) is 21.3 Å². The predicted molar refractivity (Wildman–Crippen MR) is 93.5 cm³/mol. The van der Waals surface area contributed by atoms with Crippen molar-refractivity contribution >= 4 is 46.5 Å². The van der Waals surface area contributed by atoms with E-state index in [2.05, 4.69) is 5.32 Å². The third-order valence-electron chi connectivity index (χ3n) is 3.28. The fourth-order valence-corrected chi connectivity index (χ4v) is 2.34. The first-order valence-electron chi connectivity index (χ1n) is 7.26. The van der Waals surface area contributed by atoms with Crippen LogP contribution in [0.4, 0.5) is 24.5 Å². The number of nitrogens with one attached hydrogen (secondary N) is 1. The van der Waals surface area contributed by atoms with E-state index >= 15 is 0 Å². The molecule has 0 bridgehead atoms. The van der Waals surface area contributed by atoms with Crippen LogP contribution < -0.4 is 5.32 Å². The van der Waals surface area contributed by atoms with Gasteiger partial charge in [0, 0.05) is 12.1 Å². The number of anilines is 1. The minimum atomic E-state index is -4.64. The SMILES string of the molecule is O=C(COC(=O)c1cc([N+](=O)[O-])ccc1Cl)Nc1cc(C(F)(F)F)ccc1Cl. The monoisotopic (exact) mass is 436 g/mol. The summed E-state index contributed by atoms with van der Waals surface area (Å²) in [7, 11) is 0. The summed E-state index contributed by atoms with van der Waals surface area (Å²) in [4.78, 5) is 33.8. The van der Waals surface area contributed by atoms with E-state index in [9.17, 15) is 32.9 Å². The number of esters is 1. The Hall–Kier alpha value is -2.85. The number of non-ortho nitro benzene ring substituents is 1. The zero-order valence-corrected chi connectivity index (χ0v) is 15.1. The average Bonchev–Trinajstić information content (AvgIpc) is 2.60. The van der Waals surface area contributed by atoms with Gasteiger partial charge in [0.1, 0.15) is 0 Å². The second-order valence-electron chi connectivity index (χ2n) is 5.24. The van der Waals surface area contributed by atoms with Gasteiger partial charge in [-0.05, 0) is 24.3 Å². The number of hydrogen-bond acceptors (Lipinski definition) is 5. The summed E-state index contributed by atoms with van der Waals surface area (Å²) in [5, 5.41) is 12.5. The van der Waals surface area contributed by atoms with Gasteiger partial charge < -0.3 is 10.1 Å². The number of nitro groups is 1. The number of nitrogens with zero attached hydrogens (tertiary/aromatic N) is 1. The molecular weight excluding hydrogens is 428 g/mol. The first kappa shape index (κ1) is 21.5. The zero-order chi connectivity index (χ0) is 21.1. The summed E-state index contributed by atoms with van der Waals surface area (Å²) in [5.74, 6) is -2.10. The molecule has 12 heteroatoms. The molecular formula is C16H9Cl2F3N2O5. The second-order valence-corrected chi connectivity index (χ2v) is 6.05. The van der Waals surface area contributed by atoms with Crippen molar-refractivity contribution in [1.29, 1.82) is 0 Å². The van der Waals surface area contributed by atoms with Crippen LogP contribution in [-0.2, 0) is 15.7 Å². The first-order chi connectivity index (χ1) is 13.0. The third-order valence-corrected chi connectivity index (χ3v) is 3.94. The van der Waals surface area contributed by atoms with Crippen molar-refractivity contribution in [3.8, 4) is 0 Å². The molecule has 0 saturated heterocycles. The van der Waals surface area contributed by atoms with Crippen LogP contribution >= 0.6 is 23.2 Å². The summed E-state index contributed by atoms with van der Waals surface area (Å²) in [6.45, 7) is -0.884. The van der Waals surface area contributed by atoms with Gasteiger partial charge in [-0.2, -0.15) is 13.2 Å². The molecule has 2 rings (SSSR count). The van der Waals surface area contributed by atoms with Crippen LogP contribution in [0, 0.1) is 10.1 Å². The van der Waals surface area contributed by atoms with E-state index in [1.807, 2.05) is 0 Å². The maximum Gasteiger partial charge on any atom is 0.416 e. The fraction of sp³-hybridized carbons (Fsp3) is 0.125. The van der Waals surface area contributed by atoms with Crippen molar-refractivity contribution < 1.29 is 32.4 Å². The van der Waals surface area contributed by atoms with Crippen LogP contribution in [-0.4, -0.2) is 23.4 Å². The minimum absolute atomic E-state index is 0.142. The summed E-state index contributed by atoms with van der Waals surface area (Å²) in [6, 6.07) is 5.36. The van der Waals surface area contributed by atoms with Crippen molar-refractivity contribution in [3.63, 3.8) is 0 Å². The smallest absolute Gasteiger partial charge is 0.416 e. The maximum atomic E-state index is 12.7. The number of amides is 1. The number of rotatable bonds is 5. The lowest BCUT2D eigenvalue weighted by Gasteiger charge is -2.12. The summed E-state index contributed by atoms with van der Waals surface area (Å²) < 4.78 is 42.9. The molecule has 0 aliphatic carbocycles. The molecule has 0 fully saturated rings. The molecule has 0 heterocycles. The van der Waals surface area contributed by atoms with Gasteiger partial charge in [0.15, 0.2) is 6.61 Å². The van der Waals surface area contributed by atoms with Crippen molar-refractivity contribution in [3.05, 3.63) is 67.7 Å². The lowest BCUT2D eigenvalue weighted by molar-refractivity contribution is -0.384. The molecule has 1 amide bonds. The number of ether oxygens (including phenoxy) is 1. The van der Waals surface area contributed by atoms with E-state index in [4.69, 9.17) is 27.9 Å². The third kappa shape index (κ3) is 5.33. The molecule has 7 nitrogen and oxygen atoms in total. The normalized spacial score (nSPS) is 11.0. The topological polar surface area (TPSA) is 98.5 Å². The highest BCUT2D eigenvalue weighted by Gasteiger charge is 2.31. The molecule has 0 atom stereocenters. The van der Waals surface area contributed by atoms with E-state index in [0.29, 0.717) is 6.07 Å². The van der Waals surface area contributed by atoms with Crippen molar-refractivity contribution in [2.24, 2.45) is 0 Å². The van der Waals surface area contributed by atoms with E-state index in [0.717, 1.165) is 30.3 Å². The molecule has 0 aliphatic heterocycles. The van der Waals surface area contributed by atoms with Crippen molar-refractivity contribution in [1.82, 2.24) is 0 Å². The van der Waals surface area contributed by atoms with E-state index in [1.165, 1.54) is 0 Å². The lowest BCUT2D eigenvalue weighted by atomic mass is 10.2. The highest BCUT2D eigenvalue weighted by atomic mass is 35.5. The molecule has 28 heavy (non-hydrogen) atoms. The van der Waals surface area contributed by atoms with Crippen LogP contribution in [0.15, 0.2) is 36.4 Å². The molecule has 0 aromatic heterocycles. The Bertz CT molecular complexity index is 950. The average molecular weight is 437 g/mol. The van der Waals surface area contributed by atoms with Gasteiger partial charge in [-0.25, -0.2) is 4.79 Å². The number of carbonyl (C=O) groups excluding carboxylic acids is 2. The van der Waals surface area contributed by atoms with Crippen LogP contribution in [0.2, 0.25) is 10.0 Å². The van der Waals surface area contributed by atoms with Gasteiger partial charge in [0.25, 0.3) is 11.6 Å². The number of halogens is 5. The van der Waals surface area contributed by atoms with Gasteiger partial charge >= 0.3 is 12.1 Å². The Balaban J connectivity index is 2.06. The Labute approximate surface area is 165 Å². The number of alkyl halides is 3. The predicted octanol–water partition coefficient (Wildman–Crippen LogP) is 4.72. The first-order valence-corrected chi connectivity index (χ1v) is 8.02. The van der Waals surface area contributed by atoms with Gasteiger partial charge in [-0.15, -0.1) is 0 Å². The molecule has 0 unspecified atom stereocenters. The fourth-order valence-electron chi connectivity index (χ4n) is 1.98. The Kier molecular flexibility index (Phi) is 6.47. The molecule has 1 N–H and O–H groups in total. The Morgan fingerprint density at radius 3 is 2.36 bits per heavy atom. The van der Waals surface area contributed by atoms with E-state index < -0.39 is 40.8 Å². The highest BCUT2D eigenvalue weighted by Crippen LogP contribution is 2.33. The molecule has 0 saturated carbocycles. The van der Waals surface area contributed by atoms with Crippen molar-refractivity contribution in [2.45, 2.75) is 6.18 Å². The quantitative estimate of drug-likeness (QED) is 0.415. The number of carbonyl (C=O) groups is 2. The highest BCUT2D eigenvalue weighted by molar-refractivity contribution is 6.34. The van der Waals surface area contributed by atoms with Gasteiger partial charge in [0.2, 0.25) is 0 Å². The molecule has 0 spiro atoms. The van der Waals surface area contributed by atoms with Crippen LogP contribution in [0.5, 0.6) is 0 Å². The van der Waals surface area contributed by atoms with Gasteiger partial charge in [-0.3, -0.25) is 14.9 Å². The maximum absolute atomic E-state index is 12.7. The van der Waals surface area contributed by atoms with Crippen LogP contribution in [0.25, 0.3) is 0 Å².